The molecule has 6 atom stereocenters. The number of fused-ring (bicyclic) bond motifs is 7. The van der Waals surface area contributed by atoms with Gasteiger partial charge in [-0.05, 0) is 62.3 Å². The summed E-state index contributed by atoms with van der Waals surface area (Å²) in [6.07, 6.45) is 11.3. The molecule has 2 fully saturated rings. The number of esters is 1. The maximum absolute atomic E-state index is 13.4. The second-order valence-electron chi connectivity index (χ2n) is 13.5. The Bertz CT molecular complexity index is 1390. The van der Waals surface area contributed by atoms with Gasteiger partial charge in [0.15, 0.2) is 0 Å². The molecule has 1 amide bonds. The maximum atomic E-state index is 13.4. The molecule has 5 heterocycles. The molecule has 10 nitrogen and oxygen atoms in total. The minimum absolute atomic E-state index is 0.137. The summed E-state index contributed by atoms with van der Waals surface area (Å²) in [6.45, 7) is 10.4. The van der Waals surface area contributed by atoms with Gasteiger partial charge in [-0.15, -0.1) is 0 Å². The number of nitrogens with zero attached hydrogens (tertiary/aromatic N) is 4. The second-order valence-corrected chi connectivity index (χ2v) is 13.5. The molecule has 7 rings (SSSR count). The summed E-state index contributed by atoms with van der Waals surface area (Å²) in [7, 11) is 0. The van der Waals surface area contributed by atoms with Crippen LogP contribution in [-0.4, -0.2) is 95.3 Å². The number of nitrogens with one attached hydrogen (secondary N) is 1. The highest BCUT2D eigenvalue weighted by molar-refractivity contribution is 5.83. The van der Waals surface area contributed by atoms with Gasteiger partial charge < -0.3 is 25.0 Å². The summed E-state index contributed by atoms with van der Waals surface area (Å²) in [6, 6.07) is 3.17. The van der Waals surface area contributed by atoms with Crippen molar-refractivity contribution in [2.24, 2.45) is 23.0 Å². The average Bonchev–Trinajstić information content (AvgIpc) is 3.36. The van der Waals surface area contributed by atoms with E-state index in [0.29, 0.717) is 39.0 Å². The summed E-state index contributed by atoms with van der Waals surface area (Å²) in [5.41, 5.74) is 15.5. The molecular weight excluding hydrogens is 544 g/mol. The van der Waals surface area contributed by atoms with Gasteiger partial charge >= 0.3 is 5.97 Å². The van der Waals surface area contributed by atoms with Crippen LogP contribution >= 0.6 is 0 Å². The molecule has 1 aromatic heterocycles. The van der Waals surface area contributed by atoms with Gasteiger partial charge in [0.1, 0.15) is 6.04 Å². The summed E-state index contributed by atoms with van der Waals surface area (Å²) in [5, 5.41) is 1.52. The van der Waals surface area contributed by atoms with E-state index in [2.05, 4.69) is 60.3 Å². The fourth-order valence-corrected chi connectivity index (χ4v) is 8.06. The Kier molecular flexibility index (Phi) is 7.34. The predicted octanol–water partition coefficient (Wildman–Crippen LogP) is 2.24. The average molecular weight is 589 g/mol. The molecule has 1 aromatic rings. The van der Waals surface area contributed by atoms with Gasteiger partial charge in [0.05, 0.1) is 37.1 Å². The Balaban J connectivity index is 1.31. The van der Waals surface area contributed by atoms with Crippen LogP contribution in [0.15, 0.2) is 47.8 Å². The highest BCUT2D eigenvalue weighted by Gasteiger charge is 2.50. The van der Waals surface area contributed by atoms with E-state index in [1.807, 2.05) is 12.3 Å². The van der Waals surface area contributed by atoms with Crippen LogP contribution in [0.4, 0.5) is 0 Å². The third-order valence-corrected chi connectivity index (χ3v) is 10.3. The van der Waals surface area contributed by atoms with Crippen molar-refractivity contribution in [3.8, 4) is 0 Å². The molecule has 6 bridgehead atoms. The number of carbonyl (C=O) groups is 2. The standard InChI is InChI=1S/C33H44N6O4/c1-4-38-28-10-9-20-15-23(28)29-24(17-27-22(30(29)38)7-5-11-35-27)33(2,3)19-43-32(41)26-8-6-12-39(36-26)31(40)25(34)16-21-18-37(20)13-14-42-21/h5,7,9-11,15,21,23-26,28,36H,4,6,8,12-14,16-19,34H2,1-3H3/t21-,23?,24?,25-,26-,28?/m0/s1. The highest BCUT2D eigenvalue weighted by Crippen LogP contribution is 2.54. The third kappa shape index (κ3) is 4.97. The van der Waals surface area contributed by atoms with E-state index in [9.17, 15) is 9.59 Å². The topological polar surface area (TPSA) is 113 Å². The molecular formula is C33H44N6O4. The summed E-state index contributed by atoms with van der Waals surface area (Å²) in [4.78, 5) is 36.5. The lowest BCUT2D eigenvalue weighted by molar-refractivity contribution is -0.155. The number of pyridine rings is 1. The van der Waals surface area contributed by atoms with Crippen LogP contribution in [0.1, 0.15) is 51.3 Å². The first-order valence-corrected chi connectivity index (χ1v) is 16.0. The Hall–Kier alpha value is -3.21. The molecule has 10 heteroatoms. The van der Waals surface area contributed by atoms with Gasteiger partial charge in [-0.25, -0.2) is 5.43 Å². The van der Waals surface area contributed by atoms with Crippen molar-refractivity contribution in [3.05, 3.63) is 59.1 Å². The molecule has 2 saturated heterocycles. The Morgan fingerprint density at radius 1 is 1.23 bits per heavy atom. The molecule has 3 N–H and O–H groups in total. The first kappa shape index (κ1) is 28.6. The Labute approximate surface area is 253 Å². The Morgan fingerprint density at radius 2 is 2.09 bits per heavy atom. The smallest absolute Gasteiger partial charge is 0.324 e. The predicted molar refractivity (Wildman–Crippen MR) is 162 cm³/mol. The Morgan fingerprint density at radius 3 is 2.93 bits per heavy atom. The van der Waals surface area contributed by atoms with Crippen molar-refractivity contribution in [3.63, 3.8) is 0 Å². The van der Waals surface area contributed by atoms with Gasteiger partial charge in [-0.1, -0.05) is 26.0 Å². The van der Waals surface area contributed by atoms with Crippen LogP contribution in [0.25, 0.3) is 5.70 Å². The molecule has 0 spiro atoms. The molecule has 230 valence electrons. The number of allylic oxidation sites excluding steroid dienone is 1. The van der Waals surface area contributed by atoms with Gasteiger partial charge in [0, 0.05) is 60.7 Å². The minimum atomic E-state index is -0.720. The molecule has 0 radical (unpaired) electrons. The monoisotopic (exact) mass is 588 g/mol. The van der Waals surface area contributed by atoms with E-state index in [1.54, 1.807) is 0 Å². The van der Waals surface area contributed by atoms with Crippen molar-refractivity contribution in [2.45, 2.75) is 70.7 Å². The van der Waals surface area contributed by atoms with E-state index >= 15 is 0 Å². The molecule has 6 aliphatic rings. The largest absolute Gasteiger partial charge is 0.464 e. The fourth-order valence-electron chi connectivity index (χ4n) is 8.06. The lowest BCUT2D eigenvalue weighted by Crippen LogP contribution is -2.59. The zero-order valence-corrected chi connectivity index (χ0v) is 25.5. The zero-order chi connectivity index (χ0) is 29.9. The summed E-state index contributed by atoms with van der Waals surface area (Å²) < 4.78 is 12.2. The maximum Gasteiger partial charge on any atom is 0.324 e. The van der Waals surface area contributed by atoms with Gasteiger partial charge in [-0.3, -0.25) is 19.6 Å². The normalized spacial score (nSPS) is 33.9. The van der Waals surface area contributed by atoms with Crippen LogP contribution in [-0.2, 0) is 25.5 Å². The first-order chi connectivity index (χ1) is 20.7. The van der Waals surface area contributed by atoms with E-state index in [4.69, 9.17) is 20.2 Å². The number of carbonyl (C=O) groups excluding carboxylic acids is 2. The van der Waals surface area contributed by atoms with E-state index in [-0.39, 0.29) is 47.9 Å². The molecule has 0 saturated carbocycles. The number of morpholine rings is 1. The number of cyclic esters (lactones) is 1. The SMILES string of the molecule is CCN1C2=C3C4C=C(C=CC41)N1CCO[C@@H](C[C@H](N)C(=O)N4CCC[C@H](N4)C(=O)OCC(C)(C)C3Cc3ncccc32)C1. The second kappa shape index (κ2) is 11.1. The number of hydrazine groups is 1. The van der Waals surface area contributed by atoms with Crippen molar-refractivity contribution in [2.75, 3.05) is 39.4 Å². The molecule has 43 heavy (non-hydrogen) atoms. The number of hydrogen-bond donors (Lipinski definition) is 2. The quantitative estimate of drug-likeness (QED) is 0.477. The first-order valence-electron chi connectivity index (χ1n) is 16.0. The van der Waals surface area contributed by atoms with Crippen LogP contribution in [0.5, 0.6) is 0 Å². The number of likely N-dealkylation sites (N-methyl/N-ethyl adjacent to an activating group) is 1. The number of aromatic nitrogens is 1. The van der Waals surface area contributed by atoms with Crippen LogP contribution < -0.4 is 11.2 Å². The molecule has 2 aliphatic carbocycles. The van der Waals surface area contributed by atoms with Crippen LogP contribution in [0.3, 0.4) is 0 Å². The lowest BCUT2D eigenvalue weighted by Gasteiger charge is -2.41. The van der Waals surface area contributed by atoms with Crippen molar-refractivity contribution in [1.29, 1.82) is 0 Å². The minimum Gasteiger partial charge on any atom is -0.464 e. The lowest BCUT2D eigenvalue weighted by atomic mass is 9.66. The van der Waals surface area contributed by atoms with Crippen LogP contribution in [0, 0.1) is 17.3 Å². The van der Waals surface area contributed by atoms with Gasteiger partial charge in [0.25, 0.3) is 5.91 Å². The number of ether oxygens (including phenoxy) is 2. The number of nitrogens with two attached hydrogens (primary N) is 1. The van der Waals surface area contributed by atoms with E-state index in [0.717, 1.165) is 25.2 Å². The number of amides is 1. The number of hydrogen-bond acceptors (Lipinski definition) is 9. The molecule has 3 unspecified atom stereocenters. The van der Waals surface area contributed by atoms with Crippen molar-refractivity contribution in [1.82, 2.24) is 25.2 Å². The highest BCUT2D eigenvalue weighted by atomic mass is 16.5. The zero-order valence-electron chi connectivity index (χ0n) is 25.5. The third-order valence-electron chi connectivity index (χ3n) is 10.3. The summed E-state index contributed by atoms with van der Waals surface area (Å²) >= 11 is 0. The number of rotatable bonds is 1. The van der Waals surface area contributed by atoms with Crippen molar-refractivity contribution >= 4 is 17.6 Å². The summed E-state index contributed by atoms with van der Waals surface area (Å²) in [5.74, 6) is -0.198. The van der Waals surface area contributed by atoms with Crippen LogP contribution in [0.2, 0.25) is 0 Å². The molecule has 0 aromatic carbocycles. The molecule has 4 aliphatic heterocycles. The van der Waals surface area contributed by atoms with Crippen molar-refractivity contribution < 1.29 is 19.1 Å². The van der Waals surface area contributed by atoms with E-state index < -0.39 is 12.1 Å². The fraction of sp³-hybridized carbons (Fsp3) is 0.606. The van der Waals surface area contributed by atoms with Gasteiger partial charge in [0.2, 0.25) is 0 Å². The van der Waals surface area contributed by atoms with Gasteiger partial charge in [-0.2, -0.15) is 0 Å². The van der Waals surface area contributed by atoms with E-state index in [1.165, 1.54) is 27.5 Å².